The van der Waals surface area contributed by atoms with Gasteiger partial charge in [0.1, 0.15) is 17.5 Å². The number of nitriles is 1. The lowest BCUT2D eigenvalue weighted by Gasteiger charge is -2.11. The van der Waals surface area contributed by atoms with Gasteiger partial charge in [0.15, 0.2) is 5.82 Å². The first-order valence-corrected chi connectivity index (χ1v) is 6.55. The smallest absolute Gasteiger partial charge is 0.168 e. The first-order valence-electron chi connectivity index (χ1n) is 6.55. The number of nitrogens with zero attached hydrogens (tertiary/aromatic N) is 3. The van der Waals surface area contributed by atoms with Crippen molar-refractivity contribution in [1.29, 1.82) is 5.26 Å². The van der Waals surface area contributed by atoms with Crippen molar-refractivity contribution >= 4 is 11.6 Å². The van der Waals surface area contributed by atoms with E-state index in [1.807, 2.05) is 0 Å². The minimum Gasteiger partial charge on any atom is -0.383 e. The molecular weight excluding hydrogens is 226 g/mol. The van der Waals surface area contributed by atoms with Crippen molar-refractivity contribution < 1.29 is 0 Å². The number of nitrogen functional groups attached to an aromatic ring is 1. The lowest BCUT2D eigenvalue weighted by Crippen LogP contribution is -2.18. The fourth-order valence-electron chi connectivity index (χ4n) is 2.10. The highest BCUT2D eigenvalue weighted by molar-refractivity contribution is 5.64. The molecule has 2 rings (SSSR count). The molecule has 0 amide bonds. The molecule has 1 aromatic rings. The van der Waals surface area contributed by atoms with Crippen LogP contribution in [0.4, 0.5) is 11.6 Å². The van der Waals surface area contributed by atoms with Crippen molar-refractivity contribution in [3.05, 3.63) is 5.56 Å². The van der Waals surface area contributed by atoms with Crippen LogP contribution >= 0.6 is 0 Å². The fourth-order valence-corrected chi connectivity index (χ4v) is 2.10. The van der Waals surface area contributed by atoms with E-state index in [1.165, 1.54) is 12.8 Å². The molecule has 1 unspecified atom stereocenters. The van der Waals surface area contributed by atoms with Crippen molar-refractivity contribution in [2.24, 2.45) is 11.8 Å². The van der Waals surface area contributed by atoms with Crippen LogP contribution in [-0.2, 0) is 6.54 Å². The van der Waals surface area contributed by atoms with Crippen molar-refractivity contribution in [3.63, 3.8) is 0 Å². The zero-order valence-electron chi connectivity index (χ0n) is 11.3. The highest BCUT2D eigenvalue weighted by Crippen LogP contribution is 2.34. The molecule has 0 aliphatic heterocycles. The summed E-state index contributed by atoms with van der Waals surface area (Å²) >= 11 is 0. The van der Waals surface area contributed by atoms with Crippen LogP contribution in [0, 0.1) is 23.2 Å². The standard InChI is InChI=1S/C13H21N5/c1-8(2)7-18-12(15)11(6-14)13(17-18)16-9(3)10-4-5-10/h8-10H,4-5,7,15H2,1-3H3,(H,16,17). The monoisotopic (exact) mass is 247 g/mol. The van der Waals surface area contributed by atoms with Crippen molar-refractivity contribution in [3.8, 4) is 6.07 Å². The normalized spacial score (nSPS) is 16.6. The van der Waals surface area contributed by atoms with Crippen LogP contribution in [0.5, 0.6) is 0 Å². The minimum atomic E-state index is 0.360. The van der Waals surface area contributed by atoms with Crippen LogP contribution in [0.25, 0.3) is 0 Å². The highest BCUT2D eigenvalue weighted by Gasteiger charge is 2.29. The number of nitrogens with two attached hydrogens (primary N) is 1. The molecule has 0 aromatic carbocycles. The van der Waals surface area contributed by atoms with Gasteiger partial charge in [0.2, 0.25) is 0 Å². The van der Waals surface area contributed by atoms with Gasteiger partial charge in [0.05, 0.1) is 0 Å². The zero-order valence-corrected chi connectivity index (χ0v) is 11.3. The van der Waals surface area contributed by atoms with Gasteiger partial charge in [0.25, 0.3) is 0 Å². The largest absolute Gasteiger partial charge is 0.383 e. The summed E-state index contributed by atoms with van der Waals surface area (Å²) in [4.78, 5) is 0. The summed E-state index contributed by atoms with van der Waals surface area (Å²) in [6.45, 7) is 7.08. The fraction of sp³-hybridized carbons (Fsp3) is 0.692. The third-order valence-corrected chi connectivity index (χ3v) is 3.34. The van der Waals surface area contributed by atoms with Crippen LogP contribution in [0.15, 0.2) is 0 Å². The third kappa shape index (κ3) is 2.58. The first kappa shape index (κ1) is 12.7. The van der Waals surface area contributed by atoms with E-state index in [-0.39, 0.29) is 0 Å². The quantitative estimate of drug-likeness (QED) is 0.836. The summed E-state index contributed by atoms with van der Waals surface area (Å²) < 4.78 is 1.73. The van der Waals surface area contributed by atoms with E-state index < -0.39 is 0 Å². The third-order valence-electron chi connectivity index (χ3n) is 3.34. The Kier molecular flexibility index (Phi) is 3.46. The van der Waals surface area contributed by atoms with E-state index in [9.17, 15) is 5.26 Å². The maximum Gasteiger partial charge on any atom is 0.168 e. The summed E-state index contributed by atoms with van der Waals surface area (Å²) in [6, 6.07) is 2.51. The molecule has 5 heteroatoms. The highest BCUT2D eigenvalue weighted by atomic mass is 15.3. The summed E-state index contributed by atoms with van der Waals surface area (Å²) in [5, 5.41) is 16.9. The summed E-state index contributed by atoms with van der Waals surface area (Å²) in [5.74, 6) is 2.27. The molecule has 1 aliphatic rings. The van der Waals surface area contributed by atoms with Crippen molar-refractivity contribution in [1.82, 2.24) is 9.78 Å². The van der Waals surface area contributed by atoms with Gasteiger partial charge in [-0.15, -0.1) is 0 Å². The van der Waals surface area contributed by atoms with Gasteiger partial charge in [-0.1, -0.05) is 13.8 Å². The Hall–Kier alpha value is -1.70. The Morgan fingerprint density at radius 3 is 2.67 bits per heavy atom. The van der Waals surface area contributed by atoms with E-state index in [0.717, 1.165) is 6.54 Å². The minimum absolute atomic E-state index is 0.360. The predicted octanol–water partition coefficient (Wildman–Crippen LogP) is 2.20. The predicted molar refractivity (Wildman–Crippen MR) is 72.0 cm³/mol. The van der Waals surface area contributed by atoms with Crippen LogP contribution in [0.3, 0.4) is 0 Å². The molecule has 1 saturated carbocycles. The average Bonchev–Trinajstić information content (AvgIpc) is 3.08. The molecule has 98 valence electrons. The van der Waals surface area contributed by atoms with E-state index in [0.29, 0.717) is 35.1 Å². The second-order valence-electron chi connectivity index (χ2n) is 5.57. The molecule has 1 fully saturated rings. The Labute approximate surface area is 108 Å². The van der Waals surface area contributed by atoms with Crippen molar-refractivity contribution in [2.75, 3.05) is 11.1 Å². The second kappa shape index (κ2) is 4.89. The average molecular weight is 247 g/mol. The molecule has 0 radical (unpaired) electrons. The molecule has 1 aliphatic carbocycles. The number of nitrogens with one attached hydrogen (secondary N) is 1. The Balaban J connectivity index is 2.20. The number of anilines is 2. The van der Waals surface area contributed by atoms with Crippen LogP contribution in [-0.4, -0.2) is 15.8 Å². The molecule has 5 nitrogen and oxygen atoms in total. The summed E-state index contributed by atoms with van der Waals surface area (Å²) in [6.07, 6.45) is 2.52. The molecule has 1 atom stereocenters. The number of hydrogen-bond donors (Lipinski definition) is 2. The Morgan fingerprint density at radius 1 is 1.50 bits per heavy atom. The van der Waals surface area contributed by atoms with E-state index >= 15 is 0 Å². The first-order chi connectivity index (χ1) is 8.52. The van der Waals surface area contributed by atoms with E-state index in [4.69, 9.17) is 5.73 Å². The van der Waals surface area contributed by atoms with E-state index in [2.05, 4.69) is 37.3 Å². The summed E-state index contributed by atoms with van der Waals surface area (Å²) in [5.41, 5.74) is 6.44. The lowest BCUT2D eigenvalue weighted by atomic mass is 10.2. The molecule has 0 bridgehead atoms. The van der Waals surface area contributed by atoms with Crippen LogP contribution in [0.1, 0.15) is 39.2 Å². The van der Waals surface area contributed by atoms with Gasteiger partial charge in [-0.3, -0.25) is 0 Å². The lowest BCUT2D eigenvalue weighted by molar-refractivity contribution is 0.489. The number of aromatic nitrogens is 2. The van der Waals surface area contributed by atoms with Crippen LogP contribution in [0.2, 0.25) is 0 Å². The molecule has 0 saturated heterocycles. The molecule has 18 heavy (non-hydrogen) atoms. The van der Waals surface area contributed by atoms with Gasteiger partial charge < -0.3 is 11.1 Å². The molecule has 0 spiro atoms. The van der Waals surface area contributed by atoms with Crippen LogP contribution < -0.4 is 11.1 Å². The number of hydrogen-bond acceptors (Lipinski definition) is 4. The summed E-state index contributed by atoms with van der Waals surface area (Å²) in [7, 11) is 0. The number of rotatable bonds is 5. The van der Waals surface area contributed by atoms with Gasteiger partial charge >= 0.3 is 0 Å². The molecule has 3 N–H and O–H groups in total. The Morgan fingerprint density at radius 2 is 2.17 bits per heavy atom. The maximum absolute atomic E-state index is 9.19. The zero-order chi connectivity index (χ0) is 13.3. The van der Waals surface area contributed by atoms with E-state index in [1.54, 1.807) is 4.68 Å². The molecular formula is C13H21N5. The van der Waals surface area contributed by atoms with Gasteiger partial charge in [0, 0.05) is 12.6 Å². The van der Waals surface area contributed by atoms with Gasteiger partial charge in [-0.25, -0.2) is 4.68 Å². The second-order valence-corrected chi connectivity index (χ2v) is 5.57. The topological polar surface area (TPSA) is 79.7 Å². The maximum atomic E-state index is 9.19. The van der Waals surface area contributed by atoms with Gasteiger partial charge in [-0.05, 0) is 31.6 Å². The molecule has 1 aromatic heterocycles. The SMILES string of the molecule is CC(C)Cn1nc(NC(C)C2CC2)c(C#N)c1N. The Bertz CT molecular complexity index is 464. The molecule has 1 heterocycles. The van der Waals surface area contributed by atoms with Gasteiger partial charge in [-0.2, -0.15) is 10.4 Å². The van der Waals surface area contributed by atoms with Crippen molar-refractivity contribution in [2.45, 2.75) is 46.2 Å².